The Labute approximate surface area is 202 Å². The normalized spacial score (nSPS) is 16.0. The van der Waals surface area contributed by atoms with Crippen LogP contribution in [0.15, 0.2) is 71.9 Å². The number of nitrogens with one attached hydrogen (secondary N) is 1. The van der Waals surface area contributed by atoms with Crippen LogP contribution in [-0.4, -0.2) is 45.2 Å². The average molecular weight is 497 g/mol. The number of nitrogens with zero attached hydrogens (tertiary/aromatic N) is 3. The van der Waals surface area contributed by atoms with Gasteiger partial charge in [0, 0.05) is 25.2 Å². The van der Waals surface area contributed by atoms with Crippen molar-refractivity contribution < 1.29 is 17.9 Å². The van der Waals surface area contributed by atoms with Crippen LogP contribution in [-0.2, 0) is 10.0 Å². The molecule has 0 aliphatic carbocycles. The lowest BCUT2D eigenvalue weighted by Gasteiger charge is -2.17. The summed E-state index contributed by atoms with van der Waals surface area (Å²) in [4.78, 5) is 11.0. The number of thiazole rings is 1. The fraction of sp³-hybridized carbons (Fsp3) is 0.250. The maximum Gasteiger partial charge on any atom is 0.279 e. The number of hydrogen-bond donors (Lipinski definition) is 1. The van der Waals surface area contributed by atoms with Crippen LogP contribution in [0.3, 0.4) is 0 Å². The van der Waals surface area contributed by atoms with Gasteiger partial charge in [0.2, 0.25) is 0 Å². The molecule has 1 aliphatic rings. The monoisotopic (exact) mass is 496 g/mol. The van der Waals surface area contributed by atoms with Gasteiger partial charge < -0.3 is 14.4 Å². The van der Waals surface area contributed by atoms with Crippen LogP contribution in [0.25, 0.3) is 10.2 Å². The Morgan fingerprint density at radius 3 is 2.74 bits per heavy atom. The van der Waals surface area contributed by atoms with Crippen LogP contribution in [0.4, 0.5) is 10.8 Å². The second-order valence-corrected chi connectivity index (χ2v) is 10.6. The molecule has 34 heavy (non-hydrogen) atoms. The molecular formula is C24H24N4O4S2. The summed E-state index contributed by atoms with van der Waals surface area (Å²) in [5.41, 5.74) is 1.28. The van der Waals surface area contributed by atoms with Crippen molar-refractivity contribution in [1.29, 1.82) is 0 Å². The Morgan fingerprint density at radius 2 is 1.91 bits per heavy atom. The molecule has 1 fully saturated rings. The number of rotatable bonds is 8. The van der Waals surface area contributed by atoms with Gasteiger partial charge in [-0.15, -0.1) is 0 Å². The summed E-state index contributed by atoms with van der Waals surface area (Å²) in [7, 11) is -2.15. The number of hydrogen-bond acceptors (Lipinski definition) is 8. The van der Waals surface area contributed by atoms with Crippen LogP contribution in [0, 0.1) is 5.92 Å². The zero-order valence-electron chi connectivity index (χ0n) is 18.5. The van der Waals surface area contributed by atoms with E-state index in [4.69, 9.17) is 14.5 Å². The smallest absolute Gasteiger partial charge is 0.279 e. The van der Waals surface area contributed by atoms with Crippen molar-refractivity contribution in [2.75, 3.05) is 36.4 Å². The van der Waals surface area contributed by atoms with Gasteiger partial charge in [-0.25, -0.2) is 9.97 Å². The summed E-state index contributed by atoms with van der Waals surface area (Å²) in [5.74, 6) is 1.57. The minimum atomic E-state index is -3.80. The first-order chi connectivity index (χ1) is 16.5. The summed E-state index contributed by atoms with van der Waals surface area (Å²) < 4.78 is 40.6. The van der Waals surface area contributed by atoms with Crippen molar-refractivity contribution in [2.24, 2.45) is 5.92 Å². The molecule has 176 valence electrons. The minimum absolute atomic E-state index is 0.0382. The Kier molecular flexibility index (Phi) is 6.25. The highest BCUT2D eigenvalue weighted by Gasteiger charge is 2.26. The molecule has 10 heteroatoms. The maximum atomic E-state index is 12.7. The molecule has 2 aromatic heterocycles. The lowest BCUT2D eigenvalue weighted by atomic mass is 10.1. The zero-order chi connectivity index (χ0) is 23.5. The van der Waals surface area contributed by atoms with E-state index in [0.29, 0.717) is 24.0 Å². The highest BCUT2D eigenvalue weighted by atomic mass is 32.2. The van der Waals surface area contributed by atoms with Gasteiger partial charge in [0.15, 0.2) is 10.2 Å². The van der Waals surface area contributed by atoms with E-state index in [0.717, 1.165) is 40.6 Å². The molecule has 1 unspecified atom stereocenters. The Balaban J connectivity index is 1.25. The van der Waals surface area contributed by atoms with Gasteiger partial charge in [-0.2, -0.15) is 8.42 Å². The number of para-hydroxylation sites is 3. The number of anilines is 2. The molecule has 1 saturated heterocycles. The minimum Gasteiger partial charge on any atom is -0.494 e. The van der Waals surface area contributed by atoms with E-state index < -0.39 is 10.0 Å². The predicted octanol–water partition coefficient (Wildman–Crippen LogP) is 4.41. The van der Waals surface area contributed by atoms with Crippen LogP contribution in [0.2, 0.25) is 0 Å². The van der Waals surface area contributed by atoms with Gasteiger partial charge in [-0.05, 0) is 42.8 Å². The second kappa shape index (κ2) is 9.47. The van der Waals surface area contributed by atoms with E-state index in [9.17, 15) is 8.42 Å². The molecule has 0 amide bonds. The molecule has 1 atom stereocenters. The van der Waals surface area contributed by atoms with Crippen LogP contribution >= 0.6 is 11.3 Å². The number of benzene rings is 2. The second-order valence-electron chi connectivity index (χ2n) is 7.98. The summed E-state index contributed by atoms with van der Waals surface area (Å²) in [6.45, 7) is 2.20. The summed E-state index contributed by atoms with van der Waals surface area (Å²) in [6, 6.07) is 17.8. The van der Waals surface area contributed by atoms with Crippen molar-refractivity contribution in [3.8, 4) is 11.5 Å². The van der Waals surface area contributed by atoms with Gasteiger partial charge in [0.25, 0.3) is 10.0 Å². The molecule has 0 saturated carbocycles. The van der Waals surface area contributed by atoms with Crippen molar-refractivity contribution in [2.45, 2.75) is 11.4 Å². The molecule has 5 rings (SSSR count). The van der Waals surface area contributed by atoms with Crippen LogP contribution in [0.1, 0.15) is 6.42 Å². The lowest BCUT2D eigenvalue weighted by molar-refractivity contribution is 0.262. The fourth-order valence-corrected chi connectivity index (χ4v) is 5.98. The van der Waals surface area contributed by atoms with Crippen molar-refractivity contribution in [1.82, 2.24) is 9.97 Å². The van der Waals surface area contributed by atoms with E-state index >= 15 is 0 Å². The molecule has 4 aromatic rings. The van der Waals surface area contributed by atoms with E-state index in [1.807, 2.05) is 18.2 Å². The molecule has 0 spiro atoms. The molecule has 1 aliphatic heterocycles. The summed E-state index contributed by atoms with van der Waals surface area (Å²) >= 11 is 1.66. The first-order valence-corrected chi connectivity index (χ1v) is 13.2. The quantitative estimate of drug-likeness (QED) is 0.386. The lowest BCUT2D eigenvalue weighted by Crippen LogP contribution is -2.22. The van der Waals surface area contributed by atoms with Crippen molar-refractivity contribution in [3.05, 3.63) is 66.9 Å². The summed E-state index contributed by atoms with van der Waals surface area (Å²) in [6.07, 6.45) is 2.42. The Morgan fingerprint density at radius 1 is 1.09 bits per heavy atom. The zero-order valence-corrected chi connectivity index (χ0v) is 20.2. The highest BCUT2D eigenvalue weighted by molar-refractivity contribution is 7.92. The Hall–Kier alpha value is -3.37. The number of pyridine rings is 1. The third-order valence-electron chi connectivity index (χ3n) is 5.67. The van der Waals surface area contributed by atoms with Crippen molar-refractivity contribution in [3.63, 3.8) is 0 Å². The number of aromatic nitrogens is 2. The first-order valence-electron chi connectivity index (χ1n) is 10.9. The van der Waals surface area contributed by atoms with Crippen molar-refractivity contribution >= 4 is 42.4 Å². The molecule has 2 aromatic carbocycles. The standard InChI is InChI=1S/C24H24N4O4S2/c1-31-20-9-6-10-21-23(20)26-24(33-21)28-14-12-17(15-28)16-32-19-8-3-2-7-18(19)27-34(29,30)22-11-4-5-13-25-22/h2-11,13,17,27H,12,14-16H2,1H3. The highest BCUT2D eigenvalue weighted by Crippen LogP contribution is 2.36. The topological polar surface area (TPSA) is 93.7 Å². The van der Waals surface area contributed by atoms with E-state index in [1.165, 1.54) is 12.3 Å². The van der Waals surface area contributed by atoms with E-state index in [1.54, 1.807) is 48.8 Å². The number of fused-ring (bicyclic) bond motifs is 1. The predicted molar refractivity (Wildman–Crippen MR) is 133 cm³/mol. The van der Waals surface area contributed by atoms with Gasteiger partial charge in [0.1, 0.15) is 17.0 Å². The molecule has 1 N–H and O–H groups in total. The summed E-state index contributed by atoms with van der Waals surface area (Å²) in [5, 5.41) is 0.939. The van der Waals surface area contributed by atoms with Gasteiger partial charge in [-0.1, -0.05) is 35.6 Å². The van der Waals surface area contributed by atoms with Gasteiger partial charge in [0.05, 0.1) is 24.1 Å². The van der Waals surface area contributed by atoms with E-state index in [2.05, 4.69) is 20.7 Å². The molecular weight excluding hydrogens is 472 g/mol. The Bertz CT molecular complexity index is 1390. The van der Waals surface area contributed by atoms with Gasteiger partial charge in [-0.3, -0.25) is 4.72 Å². The molecule has 0 bridgehead atoms. The van der Waals surface area contributed by atoms with Gasteiger partial charge >= 0.3 is 0 Å². The van der Waals surface area contributed by atoms with Crippen LogP contribution < -0.4 is 19.1 Å². The van der Waals surface area contributed by atoms with Crippen LogP contribution in [0.5, 0.6) is 11.5 Å². The maximum absolute atomic E-state index is 12.7. The first kappa shape index (κ1) is 22.4. The largest absolute Gasteiger partial charge is 0.494 e. The number of ether oxygens (including phenoxy) is 2. The molecule has 3 heterocycles. The van der Waals surface area contributed by atoms with E-state index in [-0.39, 0.29) is 5.03 Å². The molecule has 0 radical (unpaired) electrons. The number of methoxy groups -OCH3 is 1. The molecule has 8 nitrogen and oxygen atoms in total. The third-order valence-corrected chi connectivity index (χ3v) is 8.03. The third kappa shape index (κ3) is 4.64. The average Bonchev–Trinajstić information content (AvgIpc) is 3.51. The number of sulfonamides is 1. The fourth-order valence-electron chi connectivity index (χ4n) is 3.94. The SMILES string of the molecule is COc1cccc2sc(N3CCC(COc4ccccc4NS(=O)(=O)c4ccccn4)C3)nc12.